The molecule has 0 aliphatic carbocycles. The molecule has 0 aromatic heterocycles. The highest BCUT2D eigenvalue weighted by Crippen LogP contribution is 2.28. The van der Waals surface area contributed by atoms with Crippen molar-refractivity contribution in [3.63, 3.8) is 0 Å². The van der Waals surface area contributed by atoms with E-state index >= 15 is 0 Å². The van der Waals surface area contributed by atoms with Crippen LogP contribution >= 0.6 is 0 Å². The molecule has 0 saturated carbocycles. The molecule has 3 N–H and O–H groups in total. The van der Waals surface area contributed by atoms with E-state index in [1.165, 1.54) is 7.11 Å². The summed E-state index contributed by atoms with van der Waals surface area (Å²) in [5.41, 5.74) is 6.14. The predicted octanol–water partition coefficient (Wildman–Crippen LogP) is 1.66. The van der Waals surface area contributed by atoms with Gasteiger partial charge in [0, 0.05) is 18.2 Å². The van der Waals surface area contributed by atoms with Crippen molar-refractivity contribution in [1.82, 2.24) is 0 Å². The Morgan fingerprint density at radius 3 is 2.39 bits per heavy atom. The molecule has 0 fully saturated rings. The summed E-state index contributed by atoms with van der Waals surface area (Å²) in [6.07, 6.45) is 0.755. The van der Waals surface area contributed by atoms with Gasteiger partial charge in [-0.1, -0.05) is 44.5 Å². The van der Waals surface area contributed by atoms with Crippen LogP contribution in [0.4, 0.5) is 0 Å². The van der Waals surface area contributed by atoms with Crippen LogP contribution in [-0.4, -0.2) is 24.6 Å². The standard InChI is InChI=1S/C14H21NO3/c1-4-10(2)13(17)14(15,18-3)12-7-5-11(9-16)6-8-12/h5-10,13,17H,4,15H2,1-3H3/t10?,13-,14-/m0/s1. The van der Waals surface area contributed by atoms with Gasteiger partial charge in [-0.05, 0) is 5.92 Å². The molecule has 0 aliphatic heterocycles. The molecule has 0 radical (unpaired) electrons. The molecule has 1 aromatic rings. The quantitative estimate of drug-likeness (QED) is 0.596. The summed E-state index contributed by atoms with van der Waals surface area (Å²) < 4.78 is 5.32. The van der Waals surface area contributed by atoms with Crippen LogP contribution in [0.15, 0.2) is 24.3 Å². The number of aldehydes is 1. The van der Waals surface area contributed by atoms with Crippen LogP contribution in [-0.2, 0) is 10.5 Å². The SMILES string of the molecule is CCC(C)[C@H](O)[C@@](N)(OC)c1ccc(C=O)cc1. The Bertz CT molecular complexity index is 391. The number of hydrogen-bond donors (Lipinski definition) is 2. The average molecular weight is 251 g/mol. The largest absolute Gasteiger partial charge is 0.388 e. The van der Waals surface area contributed by atoms with Gasteiger partial charge >= 0.3 is 0 Å². The summed E-state index contributed by atoms with van der Waals surface area (Å²) in [6, 6.07) is 6.73. The Morgan fingerprint density at radius 2 is 2.00 bits per heavy atom. The highest BCUT2D eigenvalue weighted by atomic mass is 16.5. The second-order valence-electron chi connectivity index (χ2n) is 4.57. The van der Waals surface area contributed by atoms with E-state index in [-0.39, 0.29) is 5.92 Å². The van der Waals surface area contributed by atoms with E-state index in [1.807, 2.05) is 13.8 Å². The zero-order valence-corrected chi connectivity index (χ0v) is 11.1. The third kappa shape index (κ3) is 2.77. The first-order valence-electron chi connectivity index (χ1n) is 6.07. The van der Waals surface area contributed by atoms with E-state index in [2.05, 4.69) is 0 Å². The van der Waals surface area contributed by atoms with Crippen molar-refractivity contribution in [3.8, 4) is 0 Å². The molecular weight excluding hydrogens is 230 g/mol. The zero-order valence-electron chi connectivity index (χ0n) is 11.1. The summed E-state index contributed by atoms with van der Waals surface area (Å²) >= 11 is 0. The van der Waals surface area contributed by atoms with Gasteiger partial charge in [0.25, 0.3) is 0 Å². The van der Waals surface area contributed by atoms with Gasteiger partial charge in [-0.15, -0.1) is 0 Å². The maximum absolute atomic E-state index is 10.6. The zero-order chi connectivity index (χ0) is 13.8. The molecule has 18 heavy (non-hydrogen) atoms. The molecule has 0 spiro atoms. The van der Waals surface area contributed by atoms with E-state index < -0.39 is 11.8 Å². The summed E-state index contributed by atoms with van der Waals surface area (Å²) in [5, 5.41) is 10.3. The maximum atomic E-state index is 10.6. The minimum absolute atomic E-state index is 0.0145. The molecular formula is C14H21NO3. The van der Waals surface area contributed by atoms with Crippen molar-refractivity contribution in [2.24, 2.45) is 11.7 Å². The van der Waals surface area contributed by atoms with E-state index in [0.717, 1.165) is 12.7 Å². The number of hydrogen-bond acceptors (Lipinski definition) is 4. The first-order valence-corrected chi connectivity index (χ1v) is 6.07. The molecule has 1 unspecified atom stereocenters. The van der Waals surface area contributed by atoms with Gasteiger partial charge in [0.2, 0.25) is 0 Å². The Kier molecular flexibility index (Phi) is 5.02. The van der Waals surface area contributed by atoms with Crippen LogP contribution in [0.5, 0.6) is 0 Å². The van der Waals surface area contributed by atoms with Crippen LogP contribution in [0.1, 0.15) is 36.2 Å². The van der Waals surface area contributed by atoms with E-state index in [9.17, 15) is 9.90 Å². The van der Waals surface area contributed by atoms with Gasteiger partial charge in [0.1, 0.15) is 12.4 Å². The number of carbonyl (C=O) groups excluding carboxylic acids is 1. The first-order chi connectivity index (χ1) is 8.49. The summed E-state index contributed by atoms with van der Waals surface area (Å²) in [5.74, 6) is 0.0145. The summed E-state index contributed by atoms with van der Waals surface area (Å²) in [6.45, 7) is 3.91. The van der Waals surface area contributed by atoms with E-state index in [4.69, 9.17) is 10.5 Å². The number of aliphatic hydroxyl groups is 1. The minimum atomic E-state index is -1.25. The van der Waals surface area contributed by atoms with Crippen LogP contribution in [0, 0.1) is 5.92 Å². The van der Waals surface area contributed by atoms with Crippen molar-refractivity contribution in [2.45, 2.75) is 32.1 Å². The van der Waals surface area contributed by atoms with Gasteiger partial charge in [0.05, 0.1) is 0 Å². The number of aliphatic hydroxyl groups excluding tert-OH is 1. The van der Waals surface area contributed by atoms with Crippen molar-refractivity contribution in [3.05, 3.63) is 35.4 Å². The average Bonchev–Trinajstić information content (AvgIpc) is 2.44. The van der Waals surface area contributed by atoms with Gasteiger partial charge in [-0.25, -0.2) is 0 Å². The molecule has 0 amide bonds. The molecule has 4 nitrogen and oxygen atoms in total. The Balaban J connectivity index is 3.08. The van der Waals surface area contributed by atoms with Crippen LogP contribution in [0.2, 0.25) is 0 Å². The molecule has 0 aliphatic rings. The van der Waals surface area contributed by atoms with Gasteiger partial charge < -0.3 is 9.84 Å². The lowest BCUT2D eigenvalue weighted by molar-refractivity contribution is -0.125. The third-order valence-corrected chi connectivity index (χ3v) is 3.46. The van der Waals surface area contributed by atoms with Crippen molar-refractivity contribution < 1.29 is 14.6 Å². The smallest absolute Gasteiger partial charge is 0.168 e. The van der Waals surface area contributed by atoms with Crippen LogP contribution < -0.4 is 5.73 Å². The lowest BCUT2D eigenvalue weighted by atomic mass is 9.88. The minimum Gasteiger partial charge on any atom is -0.388 e. The summed E-state index contributed by atoms with van der Waals surface area (Å²) in [4.78, 5) is 10.6. The number of benzene rings is 1. The molecule has 1 aromatic carbocycles. The summed E-state index contributed by atoms with van der Waals surface area (Å²) in [7, 11) is 1.47. The number of carbonyl (C=O) groups is 1. The molecule has 4 heteroatoms. The molecule has 3 atom stereocenters. The lowest BCUT2D eigenvalue weighted by Gasteiger charge is -2.36. The number of ether oxygens (including phenoxy) is 1. The van der Waals surface area contributed by atoms with Crippen LogP contribution in [0.3, 0.4) is 0 Å². The Hall–Kier alpha value is -1.23. The van der Waals surface area contributed by atoms with Crippen LogP contribution in [0.25, 0.3) is 0 Å². The fourth-order valence-electron chi connectivity index (χ4n) is 1.88. The molecule has 0 heterocycles. The molecule has 1 rings (SSSR count). The topological polar surface area (TPSA) is 72.6 Å². The highest BCUT2D eigenvalue weighted by molar-refractivity contribution is 5.74. The fourth-order valence-corrected chi connectivity index (χ4v) is 1.88. The van der Waals surface area contributed by atoms with E-state index in [1.54, 1.807) is 24.3 Å². The monoisotopic (exact) mass is 251 g/mol. The van der Waals surface area contributed by atoms with Gasteiger partial charge in [-0.2, -0.15) is 0 Å². The second kappa shape index (κ2) is 6.09. The fraction of sp³-hybridized carbons (Fsp3) is 0.500. The molecule has 100 valence electrons. The highest BCUT2D eigenvalue weighted by Gasteiger charge is 2.38. The molecule has 0 saturated heterocycles. The Labute approximate surface area is 108 Å². The number of nitrogens with two attached hydrogens (primary N) is 1. The number of rotatable bonds is 6. The number of methoxy groups -OCH3 is 1. The first kappa shape index (κ1) is 14.8. The maximum Gasteiger partial charge on any atom is 0.168 e. The van der Waals surface area contributed by atoms with Crippen molar-refractivity contribution >= 4 is 6.29 Å². The van der Waals surface area contributed by atoms with Gasteiger partial charge in [-0.3, -0.25) is 10.5 Å². The van der Waals surface area contributed by atoms with Gasteiger partial charge in [0.15, 0.2) is 5.72 Å². The third-order valence-electron chi connectivity index (χ3n) is 3.46. The normalized spacial score (nSPS) is 17.8. The predicted molar refractivity (Wildman–Crippen MR) is 70.2 cm³/mol. The Morgan fingerprint density at radius 1 is 1.44 bits per heavy atom. The van der Waals surface area contributed by atoms with Crippen molar-refractivity contribution in [2.75, 3.05) is 7.11 Å². The van der Waals surface area contributed by atoms with Crippen molar-refractivity contribution in [1.29, 1.82) is 0 Å². The second-order valence-corrected chi connectivity index (χ2v) is 4.57. The van der Waals surface area contributed by atoms with E-state index in [0.29, 0.717) is 11.1 Å². The lowest BCUT2D eigenvalue weighted by Crippen LogP contribution is -2.52. The molecule has 0 bridgehead atoms.